The van der Waals surface area contributed by atoms with Gasteiger partial charge in [0.1, 0.15) is 5.75 Å². The van der Waals surface area contributed by atoms with E-state index in [1.165, 1.54) is 5.56 Å². The maximum atomic E-state index is 5.78. The second kappa shape index (κ2) is 4.69. The number of pyridine rings is 1. The number of benzene rings is 1. The van der Waals surface area contributed by atoms with E-state index in [1.807, 2.05) is 12.1 Å². The Labute approximate surface area is 108 Å². The third-order valence-electron chi connectivity index (χ3n) is 2.76. The van der Waals surface area contributed by atoms with Gasteiger partial charge in [-0.3, -0.25) is 4.98 Å². The summed E-state index contributed by atoms with van der Waals surface area (Å²) in [4.78, 5) is 3.93. The number of nitrogens with zero attached hydrogens (tertiary/aromatic N) is 1. The molecule has 18 heavy (non-hydrogen) atoms. The van der Waals surface area contributed by atoms with Crippen LogP contribution in [0.2, 0.25) is 0 Å². The standard InChI is InChI=1S/C15H18N2O/c1-15(2,3)11-4-6-12(7-5-11)18-14-8-9-17-10-13(14)16/h4-10H,16H2,1-3H3. The smallest absolute Gasteiger partial charge is 0.153 e. The van der Waals surface area contributed by atoms with E-state index in [9.17, 15) is 0 Å². The van der Waals surface area contributed by atoms with Crippen LogP contribution in [0, 0.1) is 0 Å². The van der Waals surface area contributed by atoms with Gasteiger partial charge in [-0.1, -0.05) is 32.9 Å². The molecule has 0 saturated carbocycles. The van der Waals surface area contributed by atoms with Crippen LogP contribution in [-0.4, -0.2) is 4.98 Å². The molecular weight excluding hydrogens is 224 g/mol. The fourth-order valence-corrected chi connectivity index (χ4v) is 1.64. The first kappa shape index (κ1) is 12.4. The molecule has 2 rings (SSSR count). The van der Waals surface area contributed by atoms with Crippen molar-refractivity contribution >= 4 is 5.69 Å². The van der Waals surface area contributed by atoms with Gasteiger partial charge in [0.25, 0.3) is 0 Å². The number of aromatic nitrogens is 1. The predicted molar refractivity (Wildman–Crippen MR) is 73.9 cm³/mol. The fourth-order valence-electron chi connectivity index (χ4n) is 1.64. The molecule has 0 amide bonds. The van der Waals surface area contributed by atoms with Crippen LogP contribution < -0.4 is 10.5 Å². The minimum atomic E-state index is 0.147. The Morgan fingerprint density at radius 1 is 1.06 bits per heavy atom. The number of nitrogen functional groups attached to an aromatic ring is 1. The van der Waals surface area contributed by atoms with Crippen molar-refractivity contribution in [3.05, 3.63) is 48.3 Å². The lowest BCUT2D eigenvalue weighted by Gasteiger charge is -2.19. The molecule has 2 aromatic rings. The highest BCUT2D eigenvalue weighted by molar-refractivity contribution is 5.51. The largest absolute Gasteiger partial charge is 0.455 e. The molecule has 2 N–H and O–H groups in total. The lowest BCUT2D eigenvalue weighted by Crippen LogP contribution is -2.10. The van der Waals surface area contributed by atoms with E-state index < -0.39 is 0 Å². The molecule has 0 atom stereocenters. The number of nitrogens with two attached hydrogens (primary N) is 1. The van der Waals surface area contributed by atoms with Crippen LogP contribution in [0.15, 0.2) is 42.7 Å². The zero-order valence-electron chi connectivity index (χ0n) is 11.0. The second-order valence-electron chi connectivity index (χ2n) is 5.29. The van der Waals surface area contributed by atoms with E-state index in [4.69, 9.17) is 10.5 Å². The number of hydrogen-bond donors (Lipinski definition) is 1. The summed E-state index contributed by atoms with van der Waals surface area (Å²) in [7, 11) is 0. The van der Waals surface area contributed by atoms with E-state index in [1.54, 1.807) is 18.5 Å². The van der Waals surface area contributed by atoms with Crippen molar-refractivity contribution in [1.82, 2.24) is 4.98 Å². The Kier molecular flexibility index (Phi) is 3.24. The normalized spacial score (nSPS) is 11.3. The molecule has 0 aliphatic heterocycles. The quantitative estimate of drug-likeness (QED) is 0.872. The SMILES string of the molecule is CC(C)(C)c1ccc(Oc2ccncc2N)cc1. The Bertz CT molecular complexity index is 527. The topological polar surface area (TPSA) is 48.1 Å². The molecule has 1 heterocycles. The minimum Gasteiger partial charge on any atom is -0.455 e. The van der Waals surface area contributed by atoms with Gasteiger partial charge in [0.15, 0.2) is 5.75 Å². The zero-order valence-corrected chi connectivity index (χ0v) is 11.0. The van der Waals surface area contributed by atoms with Crippen LogP contribution in [0.3, 0.4) is 0 Å². The summed E-state index contributed by atoms with van der Waals surface area (Å²) in [6, 6.07) is 9.83. The molecule has 94 valence electrons. The third kappa shape index (κ3) is 2.80. The van der Waals surface area contributed by atoms with Crippen LogP contribution >= 0.6 is 0 Å². The number of anilines is 1. The summed E-state index contributed by atoms with van der Waals surface area (Å²) in [5.41, 5.74) is 7.74. The first-order valence-corrected chi connectivity index (χ1v) is 5.95. The summed E-state index contributed by atoms with van der Waals surface area (Å²) in [5, 5.41) is 0. The Balaban J connectivity index is 2.19. The van der Waals surface area contributed by atoms with E-state index in [0.29, 0.717) is 11.4 Å². The van der Waals surface area contributed by atoms with Gasteiger partial charge >= 0.3 is 0 Å². The number of hydrogen-bond acceptors (Lipinski definition) is 3. The number of ether oxygens (including phenoxy) is 1. The van der Waals surface area contributed by atoms with Crippen molar-refractivity contribution in [2.75, 3.05) is 5.73 Å². The Morgan fingerprint density at radius 2 is 1.72 bits per heavy atom. The van der Waals surface area contributed by atoms with E-state index in [2.05, 4.69) is 37.9 Å². The van der Waals surface area contributed by atoms with Gasteiger partial charge in [0, 0.05) is 12.3 Å². The fraction of sp³-hybridized carbons (Fsp3) is 0.267. The molecule has 0 bridgehead atoms. The molecule has 0 unspecified atom stereocenters. The van der Waals surface area contributed by atoms with Crippen molar-refractivity contribution < 1.29 is 4.74 Å². The molecule has 3 heteroatoms. The average molecular weight is 242 g/mol. The monoisotopic (exact) mass is 242 g/mol. The van der Waals surface area contributed by atoms with Gasteiger partial charge in [-0.25, -0.2) is 0 Å². The molecule has 0 fully saturated rings. The van der Waals surface area contributed by atoms with Gasteiger partial charge in [-0.2, -0.15) is 0 Å². The van der Waals surface area contributed by atoms with Crippen molar-refractivity contribution in [2.24, 2.45) is 0 Å². The van der Waals surface area contributed by atoms with Crippen molar-refractivity contribution in [2.45, 2.75) is 26.2 Å². The van der Waals surface area contributed by atoms with Crippen molar-refractivity contribution in [1.29, 1.82) is 0 Å². The lowest BCUT2D eigenvalue weighted by molar-refractivity contribution is 0.483. The van der Waals surface area contributed by atoms with Crippen LogP contribution in [0.25, 0.3) is 0 Å². The maximum Gasteiger partial charge on any atom is 0.153 e. The van der Waals surface area contributed by atoms with E-state index in [0.717, 1.165) is 5.75 Å². The molecule has 0 radical (unpaired) electrons. The van der Waals surface area contributed by atoms with Gasteiger partial charge < -0.3 is 10.5 Å². The Hall–Kier alpha value is -2.03. The molecule has 0 spiro atoms. The lowest BCUT2D eigenvalue weighted by atomic mass is 9.87. The maximum absolute atomic E-state index is 5.78. The summed E-state index contributed by atoms with van der Waals surface area (Å²) >= 11 is 0. The highest BCUT2D eigenvalue weighted by Gasteiger charge is 2.13. The van der Waals surface area contributed by atoms with Gasteiger partial charge in [-0.15, -0.1) is 0 Å². The first-order valence-electron chi connectivity index (χ1n) is 5.95. The van der Waals surface area contributed by atoms with Crippen LogP contribution in [-0.2, 0) is 5.41 Å². The molecule has 3 nitrogen and oxygen atoms in total. The molecule has 1 aromatic heterocycles. The highest BCUT2D eigenvalue weighted by atomic mass is 16.5. The molecule has 0 aliphatic carbocycles. The summed E-state index contributed by atoms with van der Waals surface area (Å²) < 4.78 is 5.71. The predicted octanol–water partition coefficient (Wildman–Crippen LogP) is 3.75. The third-order valence-corrected chi connectivity index (χ3v) is 2.76. The average Bonchev–Trinajstić information content (AvgIpc) is 2.32. The molecule has 0 aliphatic rings. The van der Waals surface area contributed by atoms with Gasteiger partial charge in [0.2, 0.25) is 0 Å². The van der Waals surface area contributed by atoms with Crippen molar-refractivity contribution in [3.8, 4) is 11.5 Å². The van der Waals surface area contributed by atoms with E-state index in [-0.39, 0.29) is 5.41 Å². The molecule has 0 saturated heterocycles. The van der Waals surface area contributed by atoms with Crippen LogP contribution in [0.1, 0.15) is 26.3 Å². The Morgan fingerprint density at radius 3 is 2.28 bits per heavy atom. The summed E-state index contributed by atoms with van der Waals surface area (Å²) in [6.45, 7) is 6.55. The molecule has 1 aromatic carbocycles. The number of rotatable bonds is 2. The van der Waals surface area contributed by atoms with E-state index >= 15 is 0 Å². The van der Waals surface area contributed by atoms with Crippen molar-refractivity contribution in [3.63, 3.8) is 0 Å². The second-order valence-corrected chi connectivity index (χ2v) is 5.29. The summed E-state index contributed by atoms with van der Waals surface area (Å²) in [5.74, 6) is 1.41. The van der Waals surface area contributed by atoms with Crippen LogP contribution in [0.4, 0.5) is 5.69 Å². The highest BCUT2D eigenvalue weighted by Crippen LogP contribution is 2.28. The van der Waals surface area contributed by atoms with Gasteiger partial charge in [0.05, 0.1) is 11.9 Å². The zero-order chi connectivity index (χ0) is 13.2. The van der Waals surface area contributed by atoms with Crippen LogP contribution in [0.5, 0.6) is 11.5 Å². The van der Waals surface area contributed by atoms with Gasteiger partial charge in [-0.05, 0) is 23.1 Å². The minimum absolute atomic E-state index is 0.147. The first-order chi connectivity index (χ1) is 8.47. The summed E-state index contributed by atoms with van der Waals surface area (Å²) in [6.07, 6.45) is 3.24. The molecular formula is C15H18N2O.